The lowest BCUT2D eigenvalue weighted by molar-refractivity contribution is 0.608. The third-order valence-electron chi connectivity index (χ3n) is 3.38. The smallest absolute Gasteiger partial charge is 0.00793 e. The Balaban J connectivity index is 1.60. The van der Waals surface area contributed by atoms with E-state index in [9.17, 15) is 0 Å². The Labute approximate surface area is 105 Å². The van der Waals surface area contributed by atoms with Crippen molar-refractivity contribution in [2.75, 3.05) is 19.6 Å². The van der Waals surface area contributed by atoms with Gasteiger partial charge in [-0.3, -0.25) is 0 Å². The first kappa shape index (κ1) is 12.6. The van der Waals surface area contributed by atoms with Crippen LogP contribution >= 0.6 is 0 Å². The zero-order valence-corrected chi connectivity index (χ0v) is 11.1. The molecule has 0 saturated heterocycles. The Bertz CT molecular complexity index is 356. The third-order valence-corrected chi connectivity index (χ3v) is 3.38. The van der Waals surface area contributed by atoms with Gasteiger partial charge in [0.05, 0.1) is 0 Å². The van der Waals surface area contributed by atoms with Gasteiger partial charge in [-0.25, -0.2) is 0 Å². The number of hydrogen-bond donors (Lipinski definition) is 2. The Morgan fingerprint density at radius 1 is 1.12 bits per heavy atom. The molecular formula is C15H24N2. The summed E-state index contributed by atoms with van der Waals surface area (Å²) in [6.07, 6.45) is 3.89. The van der Waals surface area contributed by atoms with Crippen molar-refractivity contribution in [2.24, 2.45) is 0 Å². The van der Waals surface area contributed by atoms with E-state index in [-0.39, 0.29) is 0 Å². The highest BCUT2D eigenvalue weighted by atomic mass is 15.0. The fraction of sp³-hybridized carbons (Fsp3) is 0.600. The van der Waals surface area contributed by atoms with Crippen molar-refractivity contribution in [3.8, 4) is 0 Å². The van der Waals surface area contributed by atoms with Gasteiger partial charge >= 0.3 is 0 Å². The van der Waals surface area contributed by atoms with Crippen LogP contribution in [-0.4, -0.2) is 25.7 Å². The second kappa shape index (κ2) is 6.18. The number of aryl methyl sites for hydroxylation is 2. The molecule has 0 atom stereocenters. The molecule has 0 aromatic heterocycles. The van der Waals surface area contributed by atoms with Crippen LogP contribution < -0.4 is 10.6 Å². The molecule has 0 unspecified atom stereocenters. The van der Waals surface area contributed by atoms with Crippen LogP contribution in [0.25, 0.3) is 0 Å². The molecule has 94 valence electrons. The summed E-state index contributed by atoms with van der Waals surface area (Å²) in [5.74, 6) is 0. The van der Waals surface area contributed by atoms with Gasteiger partial charge in [0.1, 0.15) is 0 Å². The molecule has 2 rings (SSSR count). The molecule has 1 aromatic carbocycles. The first-order chi connectivity index (χ1) is 8.25. The molecule has 0 heterocycles. The molecule has 1 saturated carbocycles. The fourth-order valence-electron chi connectivity index (χ4n) is 2.13. The number of hydrogen-bond acceptors (Lipinski definition) is 2. The summed E-state index contributed by atoms with van der Waals surface area (Å²) in [4.78, 5) is 0. The average Bonchev–Trinajstić information content (AvgIpc) is 3.09. The summed E-state index contributed by atoms with van der Waals surface area (Å²) in [7, 11) is 0. The molecule has 17 heavy (non-hydrogen) atoms. The molecule has 0 aliphatic heterocycles. The molecule has 0 amide bonds. The lowest BCUT2D eigenvalue weighted by Gasteiger charge is -2.08. The summed E-state index contributed by atoms with van der Waals surface area (Å²) in [6, 6.07) is 7.56. The zero-order valence-electron chi connectivity index (χ0n) is 11.1. The molecule has 1 aliphatic rings. The predicted molar refractivity (Wildman–Crippen MR) is 73.5 cm³/mol. The Hall–Kier alpha value is -0.860. The van der Waals surface area contributed by atoms with E-state index in [1.807, 2.05) is 0 Å². The van der Waals surface area contributed by atoms with Gasteiger partial charge in [0, 0.05) is 19.1 Å². The summed E-state index contributed by atoms with van der Waals surface area (Å²) in [5.41, 5.74) is 4.24. The lowest BCUT2D eigenvalue weighted by atomic mass is 10.0. The van der Waals surface area contributed by atoms with Gasteiger partial charge in [0.15, 0.2) is 0 Å². The second-order valence-corrected chi connectivity index (χ2v) is 5.16. The van der Waals surface area contributed by atoms with Crippen LogP contribution in [0.1, 0.15) is 29.5 Å². The molecule has 0 radical (unpaired) electrons. The third kappa shape index (κ3) is 4.49. The molecule has 2 nitrogen and oxygen atoms in total. The highest BCUT2D eigenvalue weighted by Crippen LogP contribution is 2.17. The zero-order chi connectivity index (χ0) is 12.1. The van der Waals surface area contributed by atoms with Crippen molar-refractivity contribution >= 4 is 0 Å². The van der Waals surface area contributed by atoms with E-state index < -0.39 is 0 Å². The molecule has 1 fully saturated rings. The van der Waals surface area contributed by atoms with Gasteiger partial charge in [0.25, 0.3) is 0 Å². The molecular weight excluding hydrogens is 208 g/mol. The number of benzene rings is 1. The van der Waals surface area contributed by atoms with Crippen LogP contribution in [0.3, 0.4) is 0 Å². The minimum Gasteiger partial charge on any atom is -0.315 e. The monoisotopic (exact) mass is 232 g/mol. The van der Waals surface area contributed by atoms with E-state index in [0.29, 0.717) is 0 Å². The van der Waals surface area contributed by atoms with Gasteiger partial charge in [-0.15, -0.1) is 0 Å². The van der Waals surface area contributed by atoms with Crippen LogP contribution in [0.15, 0.2) is 18.2 Å². The highest BCUT2D eigenvalue weighted by molar-refractivity contribution is 5.30. The molecule has 0 spiro atoms. The first-order valence-electron chi connectivity index (χ1n) is 6.76. The van der Waals surface area contributed by atoms with Crippen molar-refractivity contribution in [1.29, 1.82) is 0 Å². The number of rotatable bonds is 7. The van der Waals surface area contributed by atoms with E-state index in [1.54, 1.807) is 0 Å². The van der Waals surface area contributed by atoms with Gasteiger partial charge in [-0.1, -0.05) is 23.8 Å². The normalized spacial score (nSPS) is 15.2. The van der Waals surface area contributed by atoms with E-state index in [0.717, 1.165) is 32.1 Å². The van der Waals surface area contributed by atoms with Crippen LogP contribution in [0.2, 0.25) is 0 Å². The maximum atomic E-state index is 3.51. The Kier molecular flexibility index (Phi) is 4.57. The minimum atomic E-state index is 0.830. The summed E-state index contributed by atoms with van der Waals surface area (Å²) in [6.45, 7) is 7.63. The predicted octanol–water partition coefficient (Wildman–Crippen LogP) is 2.19. The maximum Gasteiger partial charge on any atom is 0.00793 e. The second-order valence-electron chi connectivity index (χ2n) is 5.16. The maximum absolute atomic E-state index is 3.51. The van der Waals surface area contributed by atoms with Crippen LogP contribution in [0, 0.1) is 13.8 Å². The van der Waals surface area contributed by atoms with E-state index in [4.69, 9.17) is 0 Å². The van der Waals surface area contributed by atoms with Crippen molar-refractivity contribution in [3.63, 3.8) is 0 Å². The largest absolute Gasteiger partial charge is 0.315 e. The van der Waals surface area contributed by atoms with E-state index in [2.05, 4.69) is 42.7 Å². The molecule has 1 aromatic rings. The van der Waals surface area contributed by atoms with Gasteiger partial charge in [-0.2, -0.15) is 0 Å². The molecule has 2 N–H and O–H groups in total. The van der Waals surface area contributed by atoms with Crippen molar-refractivity contribution < 1.29 is 0 Å². The Morgan fingerprint density at radius 3 is 2.65 bits per heavy atom. The first-order valence-corrected chi connectivity index (χ1v) is 6.76. The van der Waals surface area contributed by atoms with Crippen molar-refractivity contribution in [2.45, 2.75) is 39.2 Å². The van der Waals surface area contributed by atoms with Crippen LogP contribution in [-0.2, 0) is 6.42 Å². The highest BCUT2D eigenvalue weighted by Gasteiger charge is 2.19. The SMILES string of the molecule is Cc1ccc(CCNCCNC2CC2)c(C)c1. The molecule has 1 aliphatic carbocycles. The summed E-state index contributed by atoms with van der Waals surface area (Å²) < 4.78 is 0. The topological polar surface area (TPSA) is 24.1 Å². The summed E-state index contributed by atoms with van der Waals surface area (Å²) >= 11 is 0. The minimum absolute atomic E-state index is 0.830. The van der Waals surface area contributed by atoms with Gasteiger partial charge in [0.2, 0.25) is 0 Å². The quantitative estimate of drug-likeness (QED) is 0.704. The van der Waals surface area contributed by atoms with Crippen LogP contribution in [0.5, 0.6) is 0 Å². The van der Waals surface area contributed by atoms with Crippen LogP contribution in [0.4, 0.5) is 0 Å². The average molecular weight is 232 g/mol. The molecule has 2 heteroatoms. The molecule has 0 bridgehead atoms. The van der Waals surface area contributed by atoms with E-state index >= 15 is 0 Å². The van der Waals surface area contributed by atoms with Crippen molar-refractivity contribution in [3.05, 3.63) is 34.9 Å². The standard InChI is InChI=1S/C15H24N2/c1-12-3-4-14(13(2)11-12)7-8-16-9-10-17-15-5-6-15/h3-4,11,15-17H,5-10H2,1-2H3. The van der Waals surface area contributed by atoms with Gasteiger partial charge in [-0.05, 0) is 50.8 Å². The number of nitrogens with one attached hydrogen (secondary N) is 2. The van der Waals surface area contributed by atoms with Gasteiger partial charge < -0.3 is 10.6 Å². The lowest BCUT2D eigenvalue weighted by Crippen LogP contribution is -2.29. The fourth-order valence-corrected chi connectivity index (χ4v) is 2.13. The van der Waals surface area contributed by atoms with Crippen molar-refractivity contribution in [1.82, 2.24) is 10.6 Å². The summed E-state index contributed by atoms with van der Waals surface area (Å²) in [5, 5.41) is 7.01. The Morgan fingerprint density at radius 2 is 1.94 bits per heavy atom. The van der Waals surface area contributed by atoms with E-state index in [1.165, 1.54) is 29.5 Å².